The summed E-state index contributed by atoms with van der Waals surface area (Å²) >= 11 is 0. The number of hydrogen-bond donors (Lipinski definition) is 1. The Morgan fingerprint density at radius 2 is 2.00 bits per heavy atom. The maximum atomic E-state index is 11.1. The number of benzene rings is 1. The van der Waals surface area contributed by atoms with Crippen LogP contribution < -0.4 is 0 Å². The van der Waals surface area contributed by atoms with Crippen LogP contribution in [0.15, 0.2) is 30.3 Å². The molecule has 3 nitrogen and oxygen atoms in total. The van der Waals surface area contributed by atoms with Crippen LogP contribution >= 0.6 is 7.60 Å². The molecule has 78 valence electrons. The van der Waals surface area contributed by atoms with E-state index in [0.29, 0.717) is 13.0 Å². The fourth-order valence-electron chi connectivity index (χ4n) is 1.04. The van der Waals surface area contributed by atoms with Crippen LogP contribution in [0.25, 0.3) is 0 Å². The predicted molar refractivity (Wildman–Crippen MR) is 56.5 cm³/mol. The highest BCUT2D eigenvalue weighted by Crippen LogP contribution is 2.40. The Morgan fingerprint density at radius 1 is 1.36 bits per heavy atom. The zero-order chi connectivity index (χ0) is 10.4. The SMILES string of the molecule is CCP(=O)(O)OCCc1ccccc1. The van der Waals surface area contributed by atoms with E-state index in [1.54, 1.807) is 6.92 Å². The minimum Gasteiger partial charge on any atom is -0.324 e. The molecule has 4 heteroatoms. The third-order valence-corrected chi connectivity index (χ3v) is 3.31. The van der Waals surface area contributed by atoms with Crippen molar-refractivity contribution in [2.75, 3.05) is 12.8 Å². The lowest BCUT2D eigenvalue weighted by Gasteiger charge is -2.09. The van der Waals surface area contributed by atoms with Crippen molar-refractivity contribution in [3.8, 4) is 0 Å². The fourth-order valence-corrected chi connectivity index (χ4v) is 1.60. The van der Waals surface area contributed by atoms with Crippen molar-refractivity contribution in [1.82, 2.24) is 0 Å². The molecule has 0 saturated heterocycles. The Labute approximate surface area is 84.3 Å². The van der Waals surface area contributed by atoms with Gasteiger partial charge in [0.2, 0.25) is 0 Å². The van der Waals surface area contributed by atoms with Gasteiger partial charge in [0.15, 0.2) is 0 Å². The largest absolute Gasteiger partial charge is 0.327 e. The topological polar surface area (TPSA) is 46.5 Å². The molecule has 0 bridgehead atoms. The molecule has 0 aliphatic carbocycles. The molecule has 1 aromatic rings. The van der Waals surface area contributed by atoms with E-state index in [4.69, 9.17) is 9.42 Å². The molecule has 1 unspecified atom stereocenters. The highest BCUT2D eigenvalue weighted by atomic mass is 31.2. The van der Waals surface area contributed by atoms with E-state index in [-0.39, 0.29) is 6.16 Å². The second-order valence-electron chi connectivity index (χ2n) is 3.02. The fraction of sp³-hybridized carbons (Fsp3) is 0.400. The molecule has 1 atom stereocenters. The molecule has 0 heterocycles. The number of hydrogen-bond acceptors (Lipinski definition) is 2. The third-order valence-electron chi connectivity index (χ3n) is 1.93. The standard InChI is InChI=1S/C10H15O3P/c1-2-14(11,12)13-9-8-10-6-4-3-5-7-10/h3-7H,2,8-9H2,1H3,(H,11,12). The van der Waals surface area contributed by atoms with E-state index >= 15 is 0 Å². The summed E-state index contributed by atoms with van der Waals surface area (Å²) in [6, 6.07) is 9.75. The molecule has 0 aliphatic rings. The first-order chi connectivity index (χ1) is 6.64. The summed E-state index contributed by atoms with van der Waals surface area (Å²) in [6.07, 6.45) is 0.840. The van der Waals surface area contributed by atoms with Crippen molar-refractivity contribution in [2.24, 2.45) is 0 Å². The first kappa shape index (κ1) is 11.4. The molecule has 0 aromatic heterocycles. The molecule has 0 spiro atoms. The minimum absolute atomic E-state index is 0.168. The Morgan fingerprint density at radius 3 is 2.57 bits per heavy atom. The smallest absolute Gasteiger partial charge is 0.324 e. The van der Waals surface area contributed by atoms with Crippen molar-refractivity contribution in [1.29, 1.82) is 0 Å². The second-order valence-corrected chi connectivity index (χ2v) is 5.19. The van der Waals surface area contributed by atoms with Crippen molar-refractivity contribution >= 4 is 7.60 Å². The van der Waals surface area contributed by atoms with Crippen LogP contribution in [0.4, 0.5) is 0 Å². The van der Waals surface area contributed by atoms with Crippen LogP contribution in [0.3, 0.4) is 0 Å². The lowest BCUT2D eigenvalue weighted by molar-refractivity contribution is 0.264. The van der Waals surface area contributed by atoms with Gasteiger partial charge >= 0.3 is 7.60 Å². The molecule has 0 radical (unpaired) electrons. The molecular formula is C10H15O3P. The van der Waals surface area contributed by atoms with Crippen molar-refractivity contribution in [3.05, 3.63) is 35.9 Å². The van der Waals surface area contributed by atoms with Gasteiger partial charge in [-0.15, -0.1) is 0 Å². The van der Waals surface area contributed by atoms with Crippen molar-refractivity contribution in [2.45, 2.75) is 13.3 Å². The van der Waals surface area contributed by atoms with Crippen LogP contribution in [-0.2, 0) is 15.5 Å². The van der Waals surface area contributed by atoms with Crippen molar-refractivity contribution in [3.63, 3.8) is 0 Å². The van der Waals surface area contributed by atoms with E-state index in [2.05, 4.69) is 0 Å². The lowest BCUT2D eigenvalue weighted by atomic mass is 10.2. The molecule has 0 aliphatic heterocycles. The molecule has 0 saturated carbocycles. The molecular weight excluding hydrogens is 199 g/mol. The highest BCUT2D eigenvalue weighted by Gasteiger charge is 2.14. The summed E-state index contributed by atoms with van der Waals surface area (Å²) in [7, 11) is -3.31. The van der Waals surface area contributed by atoms with Gasteiger partial charge in [0.25, 0.3) is 0 Å². The van der Waals surface area contributed by atoms with Crippen LogP contribution in [-0.4, -0.2) is 17.7 Å². The van der Waals surface area contributed by atoms with Gasteiger partial charge in [-0.1, -0.05) is 37.3 Å². The van der Waals surface area contributed by atoms with Crippen LogP contribution in [0, 0.1) is 0 Å². The summed E-state index contributed by atoms with van der Waals surface area (Å²) in [6.45, 7) is 1.94. The Kier molecular flexibility index (Phi) is 4.33. The van der Waals surface area contributed by atoms with Crippen LogP contribution in [0.2, 0.25) is 0 Å². The summed E-state index contributed by atoms with van der Waals surface area (Å²) in [5.41, 5.74) is 1.11. The average Bonchev–Trinajstić information content (AvgIpc) is 2.19. The Bertz CT molecular complexity index is 310. The van der Waals surface area contributed by atoms with E-state index in [0.717, 1.165) is 5.56 Å². The van der Waals surface area contributed by atoms with Gasteiger partial charge in [0.05, 0.1) is 6.61 Å². The van der Waals surface area contributed by atoms with Crippen LogP contribution in [0.1, 0.15) is 12.5 Å². The van der Waals surface area contributed by atoms with Gasteiger partial charge < -0.3 is 9.42 Å². The van der Waals surface area contributed by atoms with Gasteiger partial charge in [-0.3, -0.25) is 4.57 Å². The highest BCUT2D eigenvalue weighted by molar-refractivity contribution is 7.52. The molecule has 1 aromatic carbocycles. The van der Waals surface area contributed by atoms with E-state index < -0.39 is 7.60 Å². The van der Waals surface area contributed by atoms with E-state index in [9.17, 15) is 4.57 Å². The lowest BCUT2D eigenvalue weighted by Crippen LogP contribution is -1.98. The predicted octanol–water partition coefficient (Wildman–Crippen LogP) is 2.45. The van der Waals surface area contributed by atoms with Gasteiger partial charge in [-0.2, -0.15) is 0 Å². The first-order valence-electron chi connectivity index (χ1n) is 4.64. The van der Waals surface area contributed by atoms with Gasteiger partial charge in [-0.25, -0.2) is 0 Å². The van der Waals surface area contributed by atoms with E-state index in [1.165, 1.54) is 0 Å². The van der Waals surface area contributed by atoms with Crippen molar-refractivity contribution < 1.29 is 14.0 Å². The Hall–Kier alpha value is -0.630. The maximum Gasteiger partial charge on any atom is 0.327 e. The minimum atomic E-state index is -3.31. The zero-order valence-corrected chi connectivity index (χ0v) is 9.11. The first-order valence-corrected chi connectivity index (χ1v) is 6.40. The maximum absolute atomic E-state index is 11.1. The normalized spacial score (nSPS) is 15.0. The summed E-state index contributed by atoms with van der Waals surface area (Å²) in [5.74, 6) is 0. The van der Waals surface area contributed by atoms with Gasteiger partial charge in [0, 0.05) is 6.16 Å². The molecule has 14 heavy (non-hydrogen) atoms. The second kappa shape index (κ2) is 5.30. The average molecular weight is 214 g/mol. The van der Waals surface area contributed by atoms with E-state index in [1.807, 2.05) is 30.3 Å². The zero-order valence-electron chi connectivity index (χ0n) is 8.22. The number of rotatable bonds is 5. The summed E-state index contributed by atoms with van der Waals surface area (Å²) in [5, 5.41) is 0. The monoisotopic (exact) mass is 214 g/mol. The molecule has 1 N–H and O–H groups in total. The third kappa shape index (κ3) is 4.05. The quantitative estimate of drug-likeness (QED) is 0.766. The van der Waals surface area contributed by atoms with Gasteiger partial charge in [-0.05, 0) is 12.0 Å². The molecule has 1 rings (SSSR count). The van der Waals surface area contributed by atoms with Crippen LogP contribution in [0.5, 0.6) is 0 Å². The van der Waals surface area contributed by atoms with Gasteiger partial charge in [0.1, 0.15) is 0 Å². The summed E-state index contributed by atoms with van der Waals surface area (Å²) < 4.78 is 16.0. The Balaban J connectivity index is 2.33. The molecule has 0 fully saturated rings. The summed E-state index contributed by atoms with van der Waals surface area (Å²) in [4.78, 5) is 9.13. The molecule has 0 amide bonds.